The van der Waals surface area contributed by atoms with E-state index in [9.17, 15) is 13.8 Å². The Labute approximate surface area is 277 Å². The number of carbonyl (C=O) groups excluding carboxylic acids is 2. The smallest absolute Gasteiger partial charge is 0.195 e. The van der Waals surface area contributed by atoms with Gasteiger partial charge in [-0.2, -0.15) is 0 Å². The van der Waals surface area contributed by atoms with Crippen LogP contribution < -0.4 is 0 Å². The highest BCUT2D eigenvalue weighted by Gasteiger charge is 2.29. The van der Waals surface area contributed by atoms with E-state index in [1.165, 1.54) is 11.8 Å². The molecule has 1 atom stereocenters. The van der Waals surface area contributed by atoms with Gasteiger partial charge in [0.25, 0.3) is 0 Å². The van der Waals surface area contributed by atoms with Crippen molar-refractivity contribution in [2.24, 2.45) is 0 Å². The summed E-state index contributed by atoms with van der Waals surface area (Å²) in [6, 6.07) is 25.6. The number of thioether (sulfide) groups is 1. The lowest BCUT2D eigenvalue weighted by atomic mass is 9.91. The van der Waals surface area contributed by atoms with Crippen LogP contribution in [0.15, 0.2) is 141 Å². The first kappa shape index (κ1) is 31.4. The zero-order chi connectivity index (χ0) is 32.5. The average Bonchev–Trinajstić information content (AvgIpc) is 3.06. The molecule has 46 heavy (non-hydrogen) atoms. The maximum atomic E-state index is 13.3. The zero-order valence-electron chi connectivity index (χ0n) is 26.3. The third-order valence-electron chi connectivity index (χ3n) is 8.48. The second-order valence-corrected chi connectivity index (χ2v) is 14.0. The maximum Gasteiger partial charge on any atom is 0.195 e. The average molecular weight is 639 g/mol. The van der Waals surface area contributed by atoms with Crippen LogP contribution in [-0.4, -0.2) is 15.8 Å². The molecular weight excluding hydrogens is 605 g/mol. The van der Waals surface area contributed by atoms with Crippen molar-refractivity contribution in [3.63, 3.8) is 0 Å². The SMILES string of the molecule is C=C1/C=C\C(c2ccc(-c3ccc(-c4ccc5c(c4)C(=O)c4ccccc4S5=O)c(C)c3)cc2C)=C/CC(=O)C(=C/C)/C(=C\C)S1. The van der Waals surface area contributed by atoms with Gasteiger partial charge in [-0.05, 0) is 103 Å². The van der Waals surface area contributed by atoms with Crippen LogP contribution in [0, 0.1) is 13.8 Å². The van der Waals surface area contributed by atoms with Crippen LogP contribution in [0.5, 0.6) is 0 Å². The summed E-state index contributed by atoms with van der Waals surface area (Å²) in [7, 11) is -1.38. The number of hydrogen-bond acceptors (Lipinski definition) is 4. The molecule has 4 aromatic carbocycles. The molecule has 0 spiro atoms. The summed E-state index contributed by atoms with van der Waals surface area (Å²) in [4.78, 5) is 29.4. The third kappa shape index (κ3) is 5.89. The Hall–Kier alpha value is -4.58. The first-order chi connectivity index (χ1) is 22.2. The van der Waals surface area contributed by atoms with E-state index in [-0.39, 0.29) is 11.6 Å². The Balaban J connectivity index is 1.29. The lowest BCUT2D eigenvalue weighted by Crippen LogP contribution is -2.16. The molecule has 0 saturated carbocycles. The molecule has 0 N–H and O–H groups in total. The van der Waals surface area contributed by atoms with Gasteiger partial charge in [0.1, 0.15) is 0 Å². The number of allylic oxidation sites excluding steroid dienone is 7. The highest BCUT2D eigenvalue weighted by Crippen LogP contribution is 2.37. The molecule has 0 aromatic heterocycles. The molecule has 0 radical (unpaired) electrons. The Morgan fingerprint density at radius 3 is 2.04 bits per heavy atom. The van der Waals surface area contributed by atoms with E-state index in [1.54, 1.807) is 12.1 Å². The minimum absolute atomic E-state index is 0.0884. The fraction of sp³-hybridized carbons (Fsp3) is 0.122. The van der Waals surface area contributed by atoms with Crippen LogP contribution in [0.3, 0.4) is 0 Å². The molecule has 0 fully saturated rings. The molecule has 228 valence electrons. The summed E-state index contributed by atoms with van der Waals surface area (Å²) in [5.74, 6) is 0.00414. The van der Waals surface area contributed by atoms with Gasteiger partial charge in [0.15, 0.2) is 11.6 Å². The molecule has 1 unspecified atom stereocenters. The Bertz CT molecular complexity index is 2110. The molecule has 0 amide bonds. The molecule has 0 aliphatic carbocycles. The van der Waals surface area contributed by atoms with Crippen LogP contribution in [0.1, 0.15) is 52.9 Å². The van der Waals surface area contributed by atoms with Crippen molar-refractivity contribution in [3.8, 4) is 22.3 Å². The lowest BCUT2D eigenvalue weighted by Gasteiger charge is -2.19. The molecule has 0 saturated heterocycles. The van der Waals surface area contributed by atoms with Gasteiger partial charge in [-0.1, -0.05) is 97.2 Å². The Morgan fingerprint density at radius 2 is 1.37 bits per heavy atom. The largest absolute Gasteiger partial charge is 0.294 e. The van der Waals surface area contributed by atoms with Crippen molar-refractivity contribution < 1.29 is 13.8 Å². The van der Waals surface area contributed by atoms with Gasteiger partial charge in [-0.3, -0.25) is 9.59 Å². The summed E-state index contributed by atoms with van der Waals surface area (Å²) in [6.07, 6.45) is 10.3. The Morgan fingerprint density at radius 1 is 0.717 bits per heavy atom. The fourth-order valence-corrected chi connectivity index (χ4v) is 8.32. The predicted octanol–water partition coefficient (Wildman–Crippen LogP) is 10.4. The highest BCUT2D eigenvalue weighted by atomic mass is 32.2. The zero-order valence-corrected chi connectivity index (χ0v) is 28.0. The summed E-state index contributed by atoms with van der Waals surface area (Å²) in [5.41, 5.74) is 10.1. The maximum absolute atomic E-state index is 13.3. The van der Waals surface area contributed by atoms with Gasteiger partial charge in [-0.25, -0.2) is 4.21 Å². The topological polar surface area (TPSA) is 51.2 Å². The number of carbonyl (C=O) groups is 2. The van der Waals surface area contributed by atoms with Crippen LogP contribution >= 0.6 is 11.8 Å². The second kappa shape index (κ2) is 13.0. The molecule has 6 rings (SSSR count). The minimum atomic E-state index is -1.38. The third-order valence-corrected chi connectivity index (χ3v) is 11.1. The summed E-state index contributed by atoms with van der Waals surface area (Å²) in [5, 5.41) is 0. The van der Waals surface area contributed by atoms with Gasteiger partial charge in [0, 0.05) is 32.9 Å². The quantitative estimate of drug-likeness (QED) is 0.185. The number of Topliss-reactive ketones (excluding diaryl/α,β-unsaturated/α-hetero) is 1. The van der Waals surface area contributed by atoms with Crippen LogP contribution in [0.25, 0.3) is 27.8 Å². The normalized spacial score (nSPS) is 20.2. The fourth-order valence-electron chi connectivity index (χ4n) is 6.10. The van der Waals surface area contributed by atoms with E-state index in [1.807, 2.05) is 68.5 Å². The van der Waals surface area contributed by atoms with E-state index >= 15 is 0 Å². The lowest BCUT2D eigenvalue weighted by molar-refractivity contribution is -0.114. The van der Waals surface area contributed by atoms with Crippen molar-refractivity contribution in [1.29, 1.82) is 0 Å². The van der Waals surface area contributed by atoms with Crippen molar-refractivity contribution in [3.05, 3.63) is 159 Å². The highest BCUT2D eigenvalue weighted by molar-refractivity contribution is 8.07. The Kier molecular flexibility index (Phi) is 8.90. The van der Waals surface area contributed by atoms with Gasteiger partial charge in [-0.15, -0.1) is 0 Å². The van der Waals surface area contributed by atoms with Crippen molar-refractivity contribution >= 4 is 39.7 Å². The van der Waals surface area contributed by atoms with Crippen LogP contribution in [-0.2, 0) is 15.6 Å². The first-order valence-electron chi connectivity index (χ1n) is 15.2. The summed E-state index contributed by atoms with van der Waals surface area (Å²) in [6.45, 7) is 12.2. The number of rotatable bonds is 3. The first-order valence-corrected chi connectivity index (χ1v) is 17.2. The van der Waals surface area contributed by atoms with Crippen LogP contribution in [0.2, 0.25) is 0 Å². The molecule has 5 heteroatoms. The summed E-state index contributed by atoms with van der Waals surface area (Å²) >= 11 is 1.52. The molecule has 0 bridgehead atoms. The second-order valence-electron chi connectivity index (χ2n) is 11.4. The molecule has 2 heterocycles. The van der Waals surface area contributed by atoms with E-state index < -0.39 is 10.8 Å². The van der Waals surface area contributed by atoms with Crippen LogP contribution in [0.4, 0.5) is 0 Å². The molecule has 2 aliphatic heterocycles. The molecule has 2 aliphatic rings. The number of hydrogen-bond donors (Lipinski definition) is 0. The van der Waals surface area contributed by atoms with E-state index in [4.69, 9.17) is 0 Å². The molecule has 3 nitrogen and oxygen atoms in total. The number of aryl methyl sites for hydroxylation is 2. The molecular formula is C41H34O3S2. The van der Waals surface area contributed by atoms with E-state index in [0.29, 0.717) is 27.3 Å². The standard InChI is InChI=1S/C41H34O3S2/c1-6-32-37(42)20-16-28(13-12-27(5)45-38(32)7-2)33-18-14-29(22-25(33)3)30-15-19-34(26(4)23-30)31-17-21-40-36(24-31)41(43)35-10-8-9-11-39(35)46(40)44/h6-19,21-24H,5,20H2,1-4H3/b13-12-,28-16+,32-6-,38-7+. The number of benzene rings is 4. The van der Waals surface area contributed by atoms with E-state index in [0.717, 1.165) is 59.9 Å². The summed E-state index contributed by atoms with van der Waals surface area (Å²) < 4.78 is 13.2. The van der Waals surface area contributed by atoms with Gasteiger partial charge < -0.3 is 0 Å². The van der Waals surface area contributed by atoms with Crippen molar-refractivity contribution in [2.45, 2.75) is 43.9 Å². The van der Waals surface area contributed by atoms with E-state index in [2.05, 4.69) is 62.9 Å². The minimum Gasteiger partial charge on any atom is -0.294 e. The van der Waals surface area contributed by atoms with Gasteiger partial charge >= 0.3 is 0 Å². The predicted molar refractivity (Wildman–Crippen MR) is 192 cm³/mol. The van der Waals surface area contributed by atoms with Crippen molar-refractivity contribution in [1.82, 2.24) is 0 Å². The molecule has 4 aromatic rings. The van der Waals surface area contributed by atoms with Gasteiger partial charge in [0.05, 0.1) is 20.6 Å². The monoisotopic (exact) mass is 638 g/mol. The van der Waals surface area contributed by atoms with Crippen molar-refractivity contribution in [2.75, 3.05) is 0 Å². The number of fused-ring (bicyclic) bond motifs is 2. The van der Waals surface area contributed by atoms with Gasteiger partial charge in [0.2, 0.25) is 0 Å². The number of ketones is 2.